The van der Waals surface area contributed by atoms with Gasteiger partial charge in [-0.1, -0.05) is 19.8 Å². The van der Waals surface area contributed by atoms with E-state index in [4.69, 9.17) is 4.74 Å². The average molecular weight is 258 g/mol. The van der Waals surface area contributed by atoms with Gasteiger partial charge in [-0.3, -0.25) is 0 Å². The van der Waals surface area contributed by atoms with Crippen molar-refractivity contribution in [1.29, 1.82) is 0 Å². The number of aliphatic hydroxyl groups is 2. The summed E-state index contributed by atoms with van der Waals surface area (Å²) in [7, 11) is 0. The highest BCUT2D eigenvalue weighted by atomic mass is 16.5. The molecule has 1 fully saturated rings. The normalized spacial score (nSPS) is 30.7. The van der Waals surface area contributed by atoms with E-state index in [0.29, 0.717) is 13.0 Å². The molecule has 0 aromatic rings. The molecule has 0 aromatic heterocycles. The summed E-state index contributed by atoms with van der Waals surface area (Å²) in [5, 5.41) is 20.0. The molecule has 1 rings (SSSR count). The Balaban J connectivity index is 2.33. The quantitative estimate of drug-likeness (QED) is 0.738. The van der Waals surface area contributed by atoms with Gasteiger partial charge in [0, 0.05) is 0 Å². The van der Waals surface area contributed by atoms with Crippen LogP contribution in [-0.2, 0) is 4.74 Å². The fourth-order valence-electron chi connectivity index (χ4n) is 2.99. The van der Waals surface area contributed by atoms with Crippen LogP contribution in [0.5, 0.6) is 0 Å². The van der Waals surface area contributed by atoms with Crippen molar-refractivity contribution in [2.24, 2.45) is 11.8 Å². The lowest BCUT2D eigenvalue weighted by Crippen LogP contribution is -2.33. The van der Waals surface area contributed by atoms with E-state index < -0.39 is 6.10 Å². The molecule has 4 atom stereocenters. The van der Waals surface area contributed by atoms with E-state index in [1.54, 1.807) is 0 Å². The smallest absolute Gasteiger partial charge is 0.0777 e. The predicted octanol–water partition coefficient (Wildman–Crippen LogP) is 2.74. The molecule has 4 unspecified atom stereocenters. The lowest BCUT2D eigenvalue weighted by atomic mass is 9.75. The minimum atomic E-state index is -0.438. The number of hydrogen-bond acceptors (Lipinski definition) is 3. The zero-order chi connectivity index (χ0) is 13.5. The van der Waals surface area contributed by atoms with Crippen LogP contribution in [0.25, 0.3) is 0 Å². The summed E-state index contributed by atoms with van der Waals surface area (Å²) >= 11 is 0. The molecule has 3 heteroatoms. The molecule has 0 aromatic carbocycles. The van der Waals surface area contributed by atoms with E-state index in [1.165, 1.54) is 12.8 Å². The van der Waals surface area contributed by atoms with Crippen LogP contribution in [0.1, 0.15) is 59.3 Å². The third-order valence-electron chi connectivity index (χ3n) is 3.94. The average Bonchev–Trinajstić information content (AvgIpc) is 2.31. The van der Waals surface area contributed by atoms with Gasteiger partial charge in [0.05, 0.1) is 24.9 Å². The van der Waals surface area contributed by atoms with Crippen LogP contribution < -0.4 is 0 Å². The lowest BCUT2D eigenvalue weighted by Gasteiger charge is -2.34. The standard InChI is InChI=1S/C15H30O3/c1-4-5-12-6-7-15(17)13(8-12)9-14(16)10-18-11(2)3/h11-17H,4-10H2,1-3H3. The van der Waals surface area contributed by atoms with Crippen molar-refractivity contribution in [2.45, 2.75) is 77.6 Å². The van der Waals surface area contributed by atoms with Crippen molar-refractivity contribution < 1.29 is 14.9 Å². The molecule has 0 bridgehead atoms. The lowest BCUT2D eigenvalue weighted by molar-refractivity contribution is -0.0291. The number of rotatable bonds is 7. The van der Waals surface area contributed by atoms with Gasteiger partial charge in [-0.2, -0.15) is 0 Å². The van der Waals surface area contributed by atoms with Gasteiger partial charge < -0.3 is 14.9 Å². The monoisotopic (exact) mass is 258 g/mol. The van der Waals surface area contributed by atoms with Gasteiger partial charge in [0.2, 0.25) is 0 Å². The molecule has 0 amide bonds. The van der Waals surface area contributed by atoms with E-state index in [0.717, 1.165) is 25.2 Å². The molecule has 1 aliphatic carbocycles. The van der Waals surface area contributed by atoms with Gasteiger partial charge in [0.15, 0.2) is 0 Å². The Labute approximate surface area is 112 Å². The topological polar surface area (TPSA) is 49.7 Å². The van der Waals surface area contributed by atoms with Crippen LogP contribution in [-0.4, -0.2) is 35.1 Å². The van der Waals surface area contributed by atoms with Crippen molar-refractivity contribution in [3.63, 3.8) is 0 Å². The van der Waals surface area contributed by atoms with Crippen LogP contribution in [0, 0.1) is 11.8 Å². The second-order valence-electron chi connectivity index (χ2n) is 6.07. The van der Waals surface area contributed by atoms with Crippen molar-refractivity contribution in [3.8, 4) is 0 Å². The highest BCUT2D eigenvalue weighted by molar-refractivity contribution is 4.81. The van der Waals surface area contributed by atoms with Gasteiger partial charge in [-0.25, -0.2) is 0 Å². The fraction of sp³-hybridized carbons (Fsp3) is 1.00. The maximum absolute atomic E-state index is 10.0. The molecule has 1 saturated carbocycles. The van der Waals surface area contributed by atoms with Gasteiger partial charge >= 0.3 is 0 Å². The Morgan fingerprint density at radius 1 is 1.28 bits per heavy atom. The Morgan fingerprint density at radius 2 is 2.00 bits per heavy atom. The van der Waals surface area contributed by atoms with Crippen molar-refractivity contribution in [3.05, 3.63) is 0 Å². The SMILES string of the molecule is CCCC1CCC(O)C(CC(O)COC(C)C)C1. The Kier molecular flexibility index (Phi) is 7.20. The summed E-state index contributed by atoms with van der Waals surface area (Å²) in [5.74, 6) is 0.989. The van der Waals surface area contributed by atoms with E-state index in [1.807, 2.05) is 13.8 Å². The third-order valence-corrected chi connectivity index (χ3v) is 3.94. The molecular formula is C15H30O3. The van der Waals surface area contributed by atoms with E-state index >= 15 is 0 Å². The van der Waals surface area contributed by atoms with E-state index in [-0.39, 0.29) is 18.1 Å². The molecule has 0 radical (unpaired) electrons. The Hall–Kier alpha value is -0.120. The molecular weight excluding hydrogens is 228 g/mol. The van der Waals surface area contributed by atoms with Crippen LogP contribution in [0.3, 0.4) is 0 Å². The maximum Gasteiger partial charge on any atom is 0.0777 e. The van der Waals surface area contributed by atoms with Crippen LogP contribution in [0.2, 0.25) is 0 Å². The second kappa shape index (κ2) is 8.13. The highest BCUT2D eigenvalue weighted by Gasteiger charge is 2.30. The molecule has 0 aliphatic heterocycles. The van der Waals surface area contributed by atoms with Crippen LogP contribution >= 0.6 is 0 Å². The summed E-state index contributed by atoms with van der Waals surface area (Å²) in [5.41, 5.74) is 0. The summed E-state index contributed by atoms with van der Waals surface area (Å²) in [6.45, 7) is 6.55. The molecule has 2 N–H and O–H groups in total. The first kappa shape index (κ1) is 15.9. The molecule has 108 valence electrons. The molecule has 0 spiro atoms. The number of ether oxygens (including phenoxy) is 1. The van der Waals surface area contributed by atoms with Crippen molar-refractivity contribution in [2.75, 3.05) is 6.61 Å². The number of hydrogen-bond donors (Lipinski definition) is 2. The maximum atomic E-state index is 10.0. The Bertz CT molecular complexity index is 218. The largest absolute Gasteiger partial charge is 0.393 e. The van der Waals surface area contributed by atoms with E-state index in [9.17, 15) is 10.2 Å². The first-order chi connectivity index (χ1) is 8.52. The Morgan fingerprint density at radius 3 is 2.61 bits per heavy atom. The summed E-state index contributed by atoms with van der Waals surface area (Å²) < 4.78 is 5.42. The van der Waals surface area contributed by atoms with Crippen LogP contribution in [0.15, 0.2) is 0 Å². The highest BCUT2D eigenvalue weighted by Crippen LogP contribution is 2.34. The summed E-state index contributed by atoms with van der Waals surface area (Å²) in [6.07, 6.45) is 5.73. The minimum Gasteiger partial charge on any atom is -0.393 e. The van der Waals surface area contributed by atoms with Gasteiger partial charge in [0.1, 0.15) is 0 Å². The molecule has 1 aliphatic rings. The van der Waals surface area contributed by atoms with E-state index in [2.05, 4.69) is 6.92 Å². The second-order valence-corrected chi connectivity index (χ2v) is 6.07. The minimum absolute atomic E-state index is 0.156. The molecule has 0 saturated heterocycles. The van der Waals surface area contributed by atoms with Gasteiger partial charge in [-0.05, 0) is 51.4 Å². The first-order valence-electron chi connectivity index (χ1n) is 7.50. The molecule has 18 heavy (non-hydrogen) atoms. The zero-order valence-corrected chi connectivity index (χ0v) is 12.1. The van der Waals surface area contributed by atoms with Crippen LogP contribution in [0.4, 0.5) is 0 Å². The van der Waals surface area contributed by atoms with Crippen molar-refractivity contribution in [1.82, 2.24) is 0 Å². The first-order valence-corrected chi connectivity index (χ1v) is 7.50. The molecule has 3 nitrogen and oxygen atoms in total. The van der Waals surface area contributed by atoms with Crippen molar-refractivity contribution >= 4 is 0 Å². The molecule has 0 heterocycles. The van der Waals surface area contributed by atoms with Gasteiger partial charge in [0.25, 0.3) is 0 Å². The summed E-state index contributed by atoms with van der Waals surface area (Å²) in [6, 6.07) is 0. The predicted molar refractivity (Wildman–Crippen MR) is 73.5 cm³/mol. The van der Waals surface area contributed by atoms with Gasteiger partial charge in [-0.15, -0.1) is 0 Å². The fourth-order valence-corrected chi connectivity index (χ4v) is 2.99. The zero-order valence-electron chi connectivity index (χ0n) is 12.1. The number of aliphatic hydroxyl groups excluding tert-OH is 2. The summed E-state index contributed by atoms with van der Waals surface area (Å²) in [4.78, 5) is 0. The third kappa shape index (κ3) is 5.68.